The van der Waals surface area contributed by atoms with Crippen molar-refractivity contribution < 1.29 is 27.8 Å². The Labute approximate surface area is 196 Å². The van der Waals surface area contributed by atoms with Gasteiger partial charge in [-0.15, -0.1) is 0 Å². The molecular formula is C25H27F2N3O4. The third-order valence-electron chi connectivity index (χ3n) is 6.48. The largest absolute Gasteiger partial charge is 0.493 e. The number of carbonyl (C=O) groups excluding carboxylic acids is 2. The SMILES string of the molecule is COc1ccc(C2=NN(C3CCN(C(=O)c4cccc(F)c4F)CC3)C(=O)C2(C)C)cc1OC. The van der Waals surface area contributed by atoms with Crippen LogP contribution in [0.4, 0.5) is 8.78 Å². The molecule has 2 aromatic rings. The fourth-order valence-corrected chi connectivity index (χ4v) is 4.47. The number of piperidine rings is 1. The molecule has 0 aliphatic carbocycles. The molecule has 0 saturated carbocycles. The zero-order chi connectivity index (χ0) is 24.6. The van der Waals surface area contributed by atoms with E-state index < -0.39 is 23.0 Å². The van der Waals surface area contributed by atoms with Crippen molar-refractivity contribution in [2.24, 2.45) is 10.5 Å². The number of amides is 2. The molecule has 0 unspecified atom stereocenters. The quantitative estimate of drug-likeness (QED) is 0.664. The molecule has 9 heteroatoms. The van der Waals surface area contributed by atoms with Crippen LogP contribution in [-0.4, -0.2) is 60.8 Å². The Morgan fingerprint density at radius 2 is 1.74 bits per heavy atom. The lowest BCUT2D eigenvalue weighted by molar-refractivity contribution is -0.137. The molecule has 180 valence electrons. The number of likely N-dealkylation sites (tertiary alicyclic amines) is 1. The Morgan fingerprint density at radius 1 is 1.06 bits per heavy atom. The summed E-state index contributed by atoms with van der Waals surface area (Å²) in [6, 6.07) is 8.78. The van der Waals surface area contributed by atoms with Crippen LogP contribution in [0, 0.1) is 17.0 Å². The van der Waals surface area contributed by atoms with Crippen molar-refractivity contribution in [1.29, 1.82) is 0 Å². The average Bonchev–Trinajstić information content (AvgIpc) is 3.08. The van der Waals surface area contributed by atoms with Crippen molar-refractivity contribution in [2.75, 3.05) is 27.3 Å². The number of ether oxygens (including phenoxy) is 2. The first-order chi connectivity index (χ1) is 16.2. The molecule has 0 N–H and O–H groups in total. The maximum Gasteiger partial charge on any atom is 0.256 e. The molecule has 4 rings (SSSR count). The molecule has 2 heterocycles. The lowest BCUT2D eigenvalue weighted by atomic mass is 9.83. The lowest BCUT2D eigenvalue weighted by Crippen LogP contribution is -2.47. The third kappa shape index (κ3) is 3.99. The maximum absolute atomic E-state index is 14.1. The molecule has 0 atom stereocenters. The molecule has 2 aliphatic rings. The van der Waals surface area contributed by atoms with Crippen LogP contribution in [0.3, 0.4) is 0 Å². The first-order valence-corrected chi connectivity index (χ1v) is 11.1. The number of carbonyl (C=O) groups is 2. The van der Waals surface area contributed by atoms with Gasteiger partial charge in [0.25, 0.3) is 11.8 Å². The summed E-state index contributed by atoms with van der Waals surface area (Å²) in [5.74, 6) is -1.76. The van der Waals surface area contributed by atoms with E-state index in [1.165, 1.54) is 22.0 Å². The van der Waals surface area contributed by atoms with Crippen molar-refractivity contribution in [3.63, 3.8) is 0 Å². The Hall–Kier alpha value is -3.49. The first kappa shape index (κ1) is 23.7. The van der Waals surface area contributed by atoms with E-state index in [0.717, 1.165) is 11.6 Å². The van der Waals surface area contributed by atoms with Crippen LogP contribution in [0.2, 0.25) is 0 Å². The molecule has 0 radical (unpaired) electrons. The van der Waals surface area contributed by atoms with Crippen molar-refractivity contribution in [1.82, 2.24) is 9.91 Å². The van der Waals surface area contributed by atoms with Crippen LogP contribution in [-0.2, 0) is 4.79 Å². The van der Waals surface area contributed by atoms with Gasteiger partial charge in [-0.3, -0.25) is 9.59 Å². The van der Waals surface area contributed by atoms with E-state index in [-0.39, 0.29) is 17.5 Å². The minimum atomic E-state index is -1.14. The highest BCUT2D eigenvalue weighted by Crippen LogP contribution is 2.37. The molecule has 1 fully saturated rings. The molecule has 0 aromatic heterocycles. The van der Waals surface area contributed by atoms with E-state index in [9.17, 15) is 18.4 Å². The van der Waals surface area contributed by atoms with Gasteiger partial charge in [0.15, 0.2) is 23.1 Å². The van der Waals surface area contributed by atoms with E-state index >= 15 is 0 Å². The zero-order valence-corrected chi connectivity index (χ0v) is 19.6. The smallest absolute Gasteiger partial charge is 0.256 e. The number of nitrogens with zero attached hydrogens (tertiary/aromatic N) is 3. The van der Waals surface area contributed by atoms with Crippen LogP contribution >= 0.6 is 0 Å². The summed E-state index contributed by atoms with van der Waals surface area (Å²) >= 11 is 0. The van der Waals surface area contributed by atoms with E-state index in [1.54, 1.807) is 26.4 Å². The standard InChI is InChI=1S/C25H27F2N3O4/c1-25(2)22(15-8-9-19(33-3)20(14-15)34-4)28-30(24(25)32)16-10-12-29(13-11-16)23(31)17-6-5-7-18(26)21(17)27/h5-9,14,16H,10-13H2,1-4H3. The molecule has 0 spiro atoms. The van der Waals surface area contributed by atoms with Gasteiger partial charge in [-0.25, -0.2) is 13.8 Å². The van der Waals surface area contributed by atoms with Crippen LogP contribution < -0.4 is 9.47 Å². The average molecular weight is 472 g/mol. The van der Waals surface area contributed by atoms with Gasteiger partial charge >= 0.3 is 0 Å². The van der Waals surface area contributed by atoms with Crippen LogP contribution in [0.15, 0.2) is 41.5 Å². The second kappa shape index (κ2) is 9.04. The topological polar surface area (TPSA) is 71.4 Å². The van der Waals surface area contributed by atoms with Crippen molar-refractivity contribution in [3.05, 3.63) is 59.2 Å². The van der Waals surface area contributed by atoms with Gasteiger partial charge in [0.05, 0.1) is 37.0 Å². The number of benzene rings is 2. The number of hydrogen-bond acceptors (Lipinski definition) is 5. The number of hydrogen-bond donors (Lipinski definition) is 0. The minimum absolute atomic E-state index is 0.127. The molecule has 2 aliphatic heterocycles. The van der Waals surface area contributed by atoms with E-state index in [0.29, 0.717) is 43.1 Å². The van der Waals surface area contributed by atoms with Crippen molar-refractivity contribution >= 4 is 17.5 Å². The summed E-state index contributed by atoms with van der Waals surface area (Å²) in [4.78, 5) is 27.5. The van der Waals surface area contributed by atoms with Gasteiger partial charge < -0.3 is 14.4 Å². The fraction of sp³-hybridized carbons (Fsp3) is 0.400. The Balaban J connectivity index is 1.52. The number of halogens is 2. The highest BCUT2D eigenvalue weighted by molar-refractivity contribution is 6.19. The molecular weight excluding hydrogens is 444 g/mol. The summed E-state index contributed by atoms with van der Waals surface area (Å²) in [5.41, 5.74) is 0.245. The van der Waals surface area contributed by atoms with E-state index in [4.69, 9.17) is 14.6 Å². The predicted molar refractivity (Wildman–Crippen MR) is 122 cm³/mol. The predicted octanol–water partition coefficient (Wildman–Crippen LogP) is 3.86. The van der Waals surface area contributed by atoms with Crippen LogP contribution in [0.25, 0.3) is 0 Å². The van der Waals surface area contributed by atoms with Gasteiger partial charge in [-0.2, -0.15) is 5.10 Å². The second-order valence-corrected chi connectivity index (χ2v) is 8.92. The molecule has 0 bridgehead atoms. The van der Waals surface area contributed by atoms with Crippen molar-refractivity contribution in [3.8, 4) is 11.5 Å². The zero-order valence-electron chi connectivity index (χ0n) is 19.6. The molecule has 7 nitrogen and oxygen atoms in total. The molecule has 2 amide bonds. The van der Waals surface area contributed by atoms with E-state index in [2.05, 4.69) is 0 Å². The summed E-state index contributed by atoms with van der Waals surface area (Å²) in [7, 11) is 3.10. The summed E-state index contributed by atoms with van der Waals surface area (Å²) in [6.45, 7) is 4.28. The van der Waals surface area contributed by atoms with Gasteiger partial charge in [-0.05, 0) is 57.0 Å². The normalized spacial score (nSPS) is 18.2. The Bertz CT molecular complexity index is 1160. The molecule has 34 heavy (non-hydrogen) atoms. The summed E-state index contributed by atoms with van der Waals surface area (Å²) in [6.07, 6.45) is 0.959. The lowest BCUT2D eigenvalue weighted by Gasteiger charge is -2.35. The second-order valence-electron chi connectivity index (χ2n) is 8.92. The van der Waals surface area contributed by atoms with Crippen molar-refractivity contribution in [2.45, 2.75) is 32.7 Å². The number of rotatable bonds is 5. The fourth-order valence-electron chi connectivity index (χ4n) is 4.47. The van der Waals surface area contributed by atoms with Gasteiger partial charge in [0.1, 0.15) is 0 Å². The van der Waals surface area contributed by atoms with Crippen LogP contribution in [0.5, 0.6) is 11.5 Å². The number of hydrazone groups is 1. The Morgan fingerprint density at radius 3 is 2.38 bits per heavy atom. The third-order valence-corrected chi connectivity index (χ3v) is 6.48. The highest BCUT2D eigenvalue weighted by atomic mass is 19.2. The molecule has 1 saturated heterocycles. The number of methoxy groups -OCH3 is 2. The monoisotopic (exact) mass is 471 g/mol. The maximum atomic E-state index is 14.1. The van der Waals surface area contributed by atoms with E-state index in [1.807, 2.05) is 19.9 Å². The Kier molecular flexibility index (Phi) is 6.29. The first-order valence-electron chi connectivity index (χ1n) is 11.1. The molecule has 2 aromatic carbocycles. The van der Waals surface area contributed by atoms with Gasteiger partial charge in [0.2, 0.25) is 0 Å². The van der Waals surface area contributed by atoms with Gasteiger partial charge in [-0.1, -0.05) is 6.07 Å². The van der Waals surface area contributed by atoms with Crippen LogP contribution in [0.1, 0.15) is 42.6 Å². The summed E-state index contributed by atoms with van der Waals surface area (Å²) in [5, 5.41) is 6.20. The minimum Gasteiger partial charge on any atom is -0.493 e. The van der Waals surface area contributed by atoms with Gasteiger partial charge in [0, 0.05) is 18.7 Å². The summed E-state index contributed by atoms with van der Waals surface area (Å²) < 4.78 is 38.3. The highest BCUT2D eigenvalue weighted by Gasteiger charge is 2.47.